The van der Waals surface area contributed by atoms with Gasteiger partial charge in [0, 0.05) is 16.1 Å². The maximum atomic E-state index is 13.3. The summed E-state index contributed by atoms with van der Waals surface area (Å²) >= 11 is 1.44. The molecule has 1 aliphatic heterocycles. The van der Waals surface area contributed by atoms with E-state index >= 15 is 0 Å². The van der Waals surface area contributed by atoms with E-state index in [9.17, 15) is 14.7 Å². The van der Waals surface area contributed by atoms with Crippen molar-refractivity contribution in [2.24, 2.45) is 0 Å². The van der Waals surface area contributed by atoms with Gasteiger partial charge in [-0.05, 0) is 66.8 Å². The molecule has 36 heavy (non-hydrogen) atoms. The quantitative estimate of drug-likeness (QED) is 0.187. The molecule has 0 bridgehead atoms. The van der Waals surface area contributed by atoms with Crippen LogP contribution in [0.1, 0.15) is 33.2 Å². The number of benzene rings is 3. The van der Waals surface area contributed by atoms with E-state index in [1.54, 1.807) is 24.3 Å². The fraction of sp³-hybridized carbons (Fsp3) is 0.133. The van der Waals surface area contributed by atoms with Crippen molar-refractivity contribution in [2.75, 3.05) is 4.90 Å². The lowest BCUT2D eigenvalue weighted by Crippen LogP contribution is -2.29. The van der Waals surface area contributed by atoms with Gasteiger partial charge in [-0.3, -0.25) is 14.5 Å². The summed E-state index contributed by atoms with van der Waals surface area (Å²) in [5.74, 6) is -0.866. The Morgan fingerprint density at radius 3 is 2.39 bits per heavy atom. The van der Waals surface area contributed by atoms with Crippen LogP contribution in [-0.2, 0) is 16.2 Å². The van der Waals surface area contributed by atoms with Crippen LogP contribution in [0.3, 0.4) is 0 Å². The van der Waals surface area contributed by atoms with Crippen molar-refractivity contribution in [1.82, 2.24) is 0 Å². The first-order valence-corrected chi connectivity index (χ1v) is 12.5. The number of aliphatic hydroxyl groups is 1. The maximum absolute atomic E-state index is 13.3. The lowest BCUT2D eigenvalue weighted by atomic mass is 9.96. The minimum Gasteiger partial charge on any atom is -0.507 e. The zero-order valence-corrected chi connectivity index (χ0v) is 20.8. The summed E-state index contributed by atoms with van der Waals surface area (Å²) in [4.78, 5) is 28.9. The van der Waals surface area contributed by atoms with E-state index in [-0.39, 0.29) is 11.3 Å². The first-order valence-electron chi connectivity index (χ1n) is 11.6. The van der Waals surface area contributed by atoms with Crippen molar-refractivity contribution >= 4 is 34.5 Å². The molecule has 0 aliphatic carbocycles. The molecule has 3 aromatic carbocycles. The van der Waals surface area contributed by atoms with Gasteiger partial charge in [0.2, 0.25) is 0 Å². The summed E-state index contributed by atoms with van der Waals surface area (Å²) in [6, 6.07) is 25.7. The van der Waals surface area contributed by atoms with Crippen molar-refractivity contribution in [1.29, 1.82) is 0 Å². The van der Waals surface area contributed by atoms with E-state index in [1.807, 2.05) is 79.9 Å². The molecular formula is C30H25NO4S. The summed E-state index contributed by atoms with van der Waals surface area (Å²) in [6.07, 6.45) is 0. The Kier molecular flexibility index (Phi) is 6.44. The number of hydrogen-bond donors (Lipinski definition) is 1. The van der Waals surface area contributed by atoms with E-state index in [0.29, 0.717) is 23.6 Å². The zero-order chi connectivity index (χ0) is 25.2. The standard InChI is InChI=1S/C30H25NO4S/c1-19-10-11-20(2)24(17-19)28(32)26-27(25-9-6-16-36-25)31(30(34)29(26)33)22-12-14-23(15-13-22)35-18-21-7-4-3-5-8-21/h3-17,27,32H,18H2,1-2H3/b28-26-. The molecule has 1 saturated heterocycles. The summed E-state index contributed by atoms with van der Waals surface area (Å²) in [6.45, 7) is 4.22. The number of anilines is 1. The molecule has 1 aliphatic rings. The van der Waals surface area contributed by atoms with Gasteiger partial charge >= 0.3 is 0 Å². The lowest BCUT2D eigenvalue weighted by molar-refractivity contribution is -0.132. The van der Waals surface area contributed by atoms with Crippen LogP contribution in [0.2, 0.25) is 0 Å². The summed E-state index contributed by atoms with van der Waals surface area (Å²) in [5.41, 5.74) is 4.04. The third-order valence-electron chi connectivity index (χ3n) is 6.27. The Labute approximate surface area is 213 Å². The molecule has 5 rings (SSSR count). The number of amides is 1. The second-order valence-electron chi connectivity index (χ2n) is 8.77. The number of aryl methyl sites for hydroxylation is 2. The number of aliphatic hydroxyl groups excluding tert-OH is 1. The predicted octanol–water partition coefficient (Wildman–Crippen LogP) is 6.57. The molecule has 1 N–H and O–H groups in total. The summed E-state index contributed by atoms with van der Waals surface area (Å²) in [5, 5.41) is 13.2. The van der Waals surface area contributed by atoms with Crippen LogP contribution in [0.25, 0.3) is 5.76 Å². The van der Waals surface area contributed by atoms with E-state index in [4.69, 9.17) is 4.74 Å². The van der Waals surface area contributed by atoms with E-state index in [1.165, 1.54) is 16.2 Å². The fourth-order valence-electron chi connectivity index (χ4n) is 4.39. The normalized spacial score (nSPS) is 16.9. The predicted molar refractivity (Wildman–Crippen MR) is 142 cm³/mol. The van der Waals surface area contributed by atoms with Crippen LogP contribution in [0.5, 0.6) is 5.75 Å². The number of ketones is 1. The summed E-state index contributed by atoms with van der Waals surface area (Å²) in [7, 11) is 0. The minimum atomic E-state index is -0.721. The van der Waals surface area contributed by atoms with Crippen LogP contribution in [-0.4, -0.2) is 16.8 Å². The van der Waals surface area contributed by atoms with E-state index < -0.39 is 17.7 Å². The molecule has 0 saturated carbocycles. The van der Waals surface area contributed by atoms with E-state index in [2.05, 4.69) is 0 Å². The number of carbonyl (C=O) groups excluding carboxylic acids is 2. The Bertz CT molecular complexity index is 1440. The SMILES string of the molecule is Cc1ccc(C)c(/C(O)=C2/C(=O)C(=O)N(c3ccc(OCc4ccccc4)cc3)C2c2cccs2)c1. The number of hydrogen-bond acceptors (Lipinski definition) is 5. The molecule has 0 radical (unpaired) electrons. The van der Waals surface area contributed by atoms with Crippen LogP contribution in [0.4, 0.5) is 5.69 Å². The monoisotopic (exact) mass is 495 g/mol. The fourth-order valence-corrected chi connectivity index (χ4v) is 5.22. The number of carbonyl (C=O) groups is 2. The van der Waals surface area contributed by atoms with Gasteiger partial charge in [0.25, 0.3) is 11.7 Å². The molecule has 5 nitrogen and oxygen atoms in total. The van der Waals surface area contributed by atoms with Gasteiger partial charge < -0.3 is 9.84 Å². The maximum Gasteiger partial charge on any atom is 0.300 e. The molecule has 0 spiro atoms. The third kappa shape index (κ3) is 4.43. The Hall–Kier alpha value is -4.16. The van der Waals surface area contributed by atoms with Gasteiger partial charge in [0.15, 0.2) is 0 Å². The number of nitrogens with zero attached hydrogens (tertiary/aromatic N) is 1. The average molecular weight is 496 g/mol. The Morgan fingerprint density at radius 1 is 0.944 bits per heavy atom. The van der Waals surface area contributed by atoms with E-state index in [0.717, 1.165) is 21.6 Å². The van der Waals surface area contributed by atoms with Crippen molar-refractivity contribution in [2.45, 2.75) is 26.5 Å². The summed E-state index contributed by atoms with van der Waals surface area (Å²) < 4.78 is 5.88. The Morgan fingerprint density at radius 2 is 1.69 bits per heavy atom. The van der Waals surface area contributed by atoms with Gasteiger partial charge in [-0.15, -0.1) is 11.3 Å². The molecule has 6 heteroatoms. The molecule has 1 unspecified atom stereocenters. The highest BCUT2D eigenvalue weighted by Gasteiger charge is 2.47. The molecule has 1 atom stereocenters. The van der Waals surface area contributed by atoms with Gasteiger partial charge in [-0.1, -0.05) is 54.1 Å². The lowest BCUT2D eigenvalue weighted by Gasteiger charge is -2.24. The first kappa shape index (κ1) is 23.6. The highest BCUT2D eigenvalue weighted by molar-refractivity contribution is 7.10. The number of thiophene rings is 1. The van der Waals surface area contributed by atoms with Gasteiger partial charge in [-0.2, -0.15) is 0 Å². The van der Waals surface area contributed by atoms with Gasteiger partial charge in [0.05, 0.1) is 5.57 Å². The number of ether oxygens (including phenoxy) is 1. The molecular weight excluding hydrogens is 470 g/mol. The molecule has 1 fully saturated rings. The van der Waals surface area contributed by atoms with Gasteiger partial charge in [-0.25, -0.2) is 0 Å². The van der Waals surface area contributed by atoms with Crippen LogP contribution >= 0.6 is 11.3 Å². The van der Waals surface area contributed by atoms with Crippen LogP contribution < -0.4 is 9.64 Å². The average Bonchev–Trinajstić information content (AvgIpc) is 3.52. The largest absolute Gasteiger partial charge is 0.507 e. The van der Waals surface area contributed by atoms with Crippen LogP contribution in [0.15, 0.2) is 95.9 Å². The van der Waals surface area contributed by atoms with Crippen molar-refractivity contribution in [3.8, 4) is 5.75 Å². The molecule has 180 valence electrons. The van der Waals surface area contributed by atoms with Crippen molar-refractivity contribution in [3.63, 3.8) is 0 Å². The van der Waals surface area contributed by atoms with Crippen molar-refractivity contribution < 1.29 is 19.4 Å². The van der Waals surface area contributed by atoms with Crippen molar-refractivity contribution in [3.05, 3.63) is 123 Å². The highest BCUT2D eigenvalue weighted by Crippen LogP contribution is 2.44. The third-order valence-corrected chi connectivity index (χ3v) is 7.19. The van der Waals surface area contributed by atoms with Crippen LogP contribution in [0, 0.1) is 13.8 Å². The zero-order valence-electron chi connectivity index (χ0n) is 20.0. The number of rotatable bonds is 6. The highest BCUT2D eigenvalue weighted by atomic mass is 32.1. The number of Topliss-reactive ketones (excluding diaryl/α,β-unsaturated/α-hetero) is 1. The smallest absolute Gasteiger partial charge is 0.300 e. The Balaban J connectivity index is 1.52. The minimum absolute atomic E-state index is 0.0977. The van der Waals surface area contributed by atoms with Gasteiger partial charge in [0.1, 0.15) is 24.2 Å². The topological polar surface area (TPSA) is 66.8 Å². The molecule has 1 aromatic heterocycles. The second-order valence-corrected chi connectivity index (χ2v) is 9.75. The molecule has 2 heterocycles. The first-order chi connectivity index (χ1) is 17.4. The molecule has 4 aromatic rings. The second kappa shape index (κ2) is 9.84. The molecule has 1 amide bonds.